The Morgan fingerprint density at radius 3 is 2.85 bits per heavy atom. The van der Waals surface area contributed by atoms with Crippen LogP contribution in [0.2, 0.25) is 0 Å². The number of rotatable bonds is 4. The molecule has 0 aliphatic carbocycles. The SMILES string of the molecule is CC(=O)c1cccnc1N(C)Cc1cccc(C#N)c1. The number of anilines is 1. The van der Waals surface area contributed by atoms with E-state index in [1.807, 2.05) is 30.1 Å². The Kier molecular flexibility index (Phi) is 4.11. The highest BCUT2D eigenvalue weighted by atomic mass is 16.1. The number of hydrogen-bond donors (Lipinski definition) is 0. The molecule has 0 unspecified atom stereocenters. The van der Waals surface area contributed by atoms with E-state index in [2.05, 4.69) is 11.1 Å². The van der Waals surface area contributed by atoms with Gasteiger partial charge >= 0.3 is 0 Å². The van der Waals surface area contributed by atoms with Gasteiger partial charge in [-0.2, -0.15) is 5.26 Å². The molecule has 0 bridgehead atoms. The van der Waals surface area contributed by atoms with Crippen LogP contribution in [0.3, 0.4) is 0 Å². The maximum atomic E-state index is 11.6. The summed E-state index contributed by atoms with van der Waals surface area (Å²) in [4.78, 5) is 17.8. The van der Waals surface area contributed by atoms with Gasteiger partial charge in [0.05, 0.1) is 17.2 Å². The summed E-state index contributed by atoms with van der Waals surface area (Å²) < 4.78 is 0. The van der Waals surface area contributed by atoms with E-state index in [-0.39, 0.29) is 5.78 Å². The first-order chi connectivity index (χ1) is 9.61. The van der Waals surface area contributed by atoms with E-state index in [9.17, 15) is 4.79 Å². The molecule has 0 aliphatic rings. The van der Waals surface area contributed by atoms with Crippen LogP contribution >= 0.6 is 0 Å². The Morgan fingerprint density at radius 1 is 1.35 bits per heavy atom. The fourth-order valence-electron chi connectivity index (χ4n) is 2.06. The number of nitrogens with zero attached hydrogens (tertiary/aromatic N) is 3. The van der Waals surface area contributed by atoms with Crippen molar-refractivity contribution in [3.05, 3.63) is 59.3 Å². The van der Waals surface area contributed by atoms with Crippen molar-refractivity contribution in [2.24, 2.45) is 0 Å². The predicted octanol–water partition coefficient (Wildman–Crippen LogP) is 2.79. The second kappa shape index (κ2) is 5.98. The van der Waals surface area contributed by atoms with Crippen LogP contribution in [0, 0.1) is 11.3 Å². The van der Waals surface area contributed by atoms with E-state index in [0.29, 0.717) is 23.5 Å². The minimum atomic E-state index is -0.00859. The zero-order valence-corrected chi connectivity index (χ0v) is 11.5. The van der Waals surface area contributed by atoms with E-state index < -0.39 is 0 Å². The number of Topliss-reactive ketones (excluding diaryl/α,β-unsaturated/α-hetero) is 1. The van der Waals surface area contributed by atoms with Crippen LogP contribution < -0.4 is 4.90 Å². The number of nitriles is 1. The minimum Gasteiger partial charge on any atom is -0.355 e. The molecule has 0 atom stereocenters. The largest absolute Gasteiger partial charge is 0.355 e. The number of ketones is 1. The van der Waals surface area contributed by atoms with Crippen molar-refractivity contribution in [2.45, 2.75) is 13.5 Å². The van der Waals surface area contributed by atoms with Gasteiger partial charge in [0.25, 0.3) is 0 Å². The minimum absolute atomic E-state index is 0.00859. The summed E-state index contributed by atoms with van der Waals surface area (Å²) in [6, 6.07) is 13.1. The summed E-state index contributed by atoms with van der Waals surface area (Å²) >= 11 is 0. The number of pyridine rings is 1. The normalized spacial score (nSPS) is 9.85. The fraction of sp³-hybridized carbons (Fsp3) is 0.188. The van der Waals surface area contributed by atoms with Gasteiger partial charge < -0.3 is 4.90 Å². The number of carbonyl (C=O) groups is 1. The molecular weight excluding hydrogens is 250 g/mol. The molecule has 1 aromatic carbocycles. The summed E-state index contributed by atoms with van der Waals surface area (Å²) in [6.07, 6.45) is 1.67. The standard InChI is InChI=1S/C16H15N3O/c1-12(20)15-7-4-8-18-16(15)19(2)11-14-6-3-5-13(9-14)10-17/h3-9H,11H2,1-2H3. The molecule has 0 N–H and O–H groups in total. The monoisotopic (exact) mass is 265 g/mol. The third-order valence-electron chi connectivity index (χ3n) is 3.00. The van der Waals surface area contributed by atoms with Crippen molar-refractivity contribution in [1.82, 2.24) is 4.98 Å². The van der Waals surface area contributed by atoms with Gasteiger partial charge in [-0.15, -0.1) is 0 Å². The first-order valence-electron chi connectivity index (χ1n) is 6.28. The predicted molar refractivity (Wildman–Crippen MR) is 77.5 cm³/mol. The number of carbonyl (C=O) groups excluding carboxylic acids is 1. The van der Waals surface area contributed by atoms with Crippen molar-refractivity contribution in [1.29, 1.82) is 5.26 Å². The van der Waals surface area contributed by atoms with Crippen molar-refractivity contribution in [3.63, 3.8) is 0 Å². The van der Waals surface area contributed by atoms with Gasteiger partial charge in [-0.05, 0) is 36.8 Å². The lowest BCUT2D eigenvalue weighted by molar-refractivity contribution is 0.101. The Balaban J connectivity index is 2.26. The van der Waals surface area contributed by atoms with Crippen molar-refractivity contribution in [3.8, 4) is 6.07 Å². The average Bonchev–Trinajstić information content (AvgIpc) is 2.47. The van der Waals surface area contributed by atoms with Gasteiger partial charge in [-0.1, -0.05) is 12.1 Å². The second-order valence-corrected chi connectivity index (χ2v) is 4.60. The molecule has 20 heavy (non-hydrogen) atoms. The topological polar surface area (TPSA) is 57.0 Å². The number of hydrogen-bond acceptors (Lipinski definition) is 4. The maximum absolute atomic E-state index is 11.6. The Hall–Kier alpha value is -2.67. The quantitative estimate of drug-likeness (QED) is 0.798. The van der Waals surface area contributed by atoms with Crippen LogP contribution in [0.4, 0.5) is 5.82 Å². The van der Waals surface area contributed by atoms with Crippen LogP contribution in [-0.4, -0.2) is 17.8 Å². The summed E-state index contributed by atoms with van der Waals surface area (Å²) in [5.74, 6) is 0.646. The van der Waals surface area contributed by atoms with E-state index in [1.54, 1.807) is 24.4 Å². The Bertz CT molecular complexity index is 673. The lowest BCUT2D eigenvalue weighted by atomic mass is 10.1. The first kappa shape index (κ1) is 13.8. The summed E-state index contributed by atoms with van der Waals surface area (Å²) in [5.41, 5.74) is 2.24. The van der Waals surface area contributed by atoms with Crippen LogP contribution in [0.25, 0.3) is 0 Å². The van der Waals surface area contributed by atoms with Gasteiger partial charge in [-0.25, -0.2) is 4.98 Å². The average molecular weight is 265 g/mol. The summed E-state index contributed by atoms with van der Waals surface area (Å²) in [7, 11) is 1.88. The molecular formula is C16H15N3O. The number of benzene rings is 1. The zero-order valence-electron chi connectivity index (χ0n) is 11.5. The van der Waals surface area contributed by atoms with Gasteiger partial charge in [0.1, 0.15) is 5.82 Å². The van der Waals surface area contributed by atoms with Crippen LogP contribution in [0.5, 0.6) is 0 Å². The van der Waals surface area contributed by atoms with Gasteiger partial charge in [0, 0.05) is 19.8 Å². The highest BCUT2D eigenvalue weighted by molar-refractivity contribution is 5.98. The Morgan fingerprint density at radius 2 is 2.15 bits per heavy atom. The molecule has 0 saturated carbocycles. The lowest BCUT2D eigenvalue weighted by Crippen LogP contribution is -2.20. The molecule has 0 radical (unpaired) electrons. The molecule has 4 nitrogen and oxygen atoms in total. The van der Waals surface area contributed by atoms with Gasteiger partial charge in [0.15, 0.2) is 5.78 Å². The van der Waals surface area contributed by atoms with Gasteiger partial charge in [-0.3, -0.25) is 4.79 Å². The zero-order chi connectivity index (χ0) is 14.5. The Labute approximate surface area is 118 Å². The lowest BCUT2D eigenvalue weighted by Gasteiger charge is -2.20. The van der Waals surface area contributed by atoms with Crippen LogP contribution in [0.15, 0.2) is 42.6 Å². The van der Waals surface area contributed by atoms with Gasteiger partial charge in [0.2, 0.25) is 0 Å². The van der Waals surface area contributed by atoms with Crippen molar-refractivity contribution < 1.29 is 4.79 Å². The molecule has 2 aromatic rings. The summed E-state index contributed by atoms with van der Waals surface area (Å²) in [5, 5.41) is 8.91. The molecule has 0 amide bonds. The first-order valence-corrected chi connectivity index (χ1v) is 6.28. The molecule has 2 rings (SSSR count). The molecule has 1 aromatic heterocycles. The second-order valence-electron chi connectivity index (χ2n) is 4.60. The molecule has 100 valence electrons. The fourth-order valence-corrected chi connectivity index (χ4v) is 2.06. The van der Waals surface area contributed by atoms with Crippen molar-refractivity contribution >= 4 is 11.6 Å². The number of aromatic nitrogens is 1. The molecule has 4 heteroatoms. The van der Waals surface area contributed by atoms with Crippen LogP contribution in [-0.2, 0) is 6.54 Å². The highest BCUT2D eigenvalue weighted by Crippen LogP contribution is 2.18. The van der Waals surface area contributed by atoms with E-state index >= 15 is 0 Å². The van der Waals surface area contributed by atoms with Crippen molar-refractivity contribution in [2.75, 3.05) is 11.9 Å². The highest BCUT2D eigenvalue weighted by Gasteiger charge is 2.12. The smallest absolute Gasteiger partial charge is 0.163 e. The molecule has 0 spiro atoms. The van der Waals surface area contributed by atoms with E-state index in [0.717, 1.165) is 5.56 Å². The molecule has 0 aliphatic heterocycles. The third kappa shape index (κ3) is 3.01. The third-order valence-corrected chi connectivity index (χ3v) is 3.00. The maximum Gasteiger partial charge on any atom is 0.163 e. The van der Waals surface area contributed by atoms with E-state index in [1.165, 1.54) is 6.92 Å². The van der Waals surface area contributed by atoms with Crippen LogP contribution in [0.1, 0.15) is 28.4 Å². The molecule has 0 saturated heterocycles. The molecule has 1 heterocycles. The summed E-state index contributed by atoms with van der Waals surface area (Å²) in [6.45, 7) is 2.12. The molecule has 0 fully saturated rings. The van der Waals surface area contributed by atoms with E-state index in [4.69, 9.17) is 5.26 Å².